The molecule has 30 heavy (non-hydrogen) atoms. The third-order valence-electron chi connectivity index (χ3n) is 11.4. The van der Waals surface area contributed by atoms with Crippen molar-refractivity contribution in [2.24, 2.45) is 46.3 Å². The van der Waals surface area contributed by atoms with Crippen LogP contribution in [0.5, 0.6) is 0 Å². The average Bonchev–Trinajstić information content (AvgIpc) is 3.06. The number of hydrogen-bond acceptors (Lipinski definition) is 1. The molecule has 4 saturated carbocycles. The third-order valence-corrected chi connectivity index (χ3v) is 11.4. The number of aliphatic hydroxyl groups is 1. The fourth-order valence-electron chi connectivity index (χ4n) is 9.59. The molecule has 0 aromatic rings. The standard InChI is InChI=1S/C29H50O/c1-7-21(19(2)3)9-8-20(4)25-12-13-26-24-11-10-22-18-23(30)14-16-28(22,5)27(24)15-17-29(25,26)6/h20,22-27,30H,7-18H2,1-6H3/t20-,22+,23+,24?,25-,26+,27+,28+,29-/m1/s1. The first kappa shape index (κ1) is 22.9. The summed E-state index contributed by atoms with van der Waals surface area (Å²) < 4.78 is 0. The van der Waals surface area contributed by atoms with Crippen LogP contribution in [-0.2, 0) is 0 Å². The summed E-state index contributed by atoms with van der Waals surface area (Å²) in [6.07, 6.45) is 16.1. The summed E-state index contributed by atoms with van der Waals surface area (Å²) in [4.78, 5) is 0. The Morgan fingerprint density at radius 1 is 0.933 bits per heavy atom. The van der Waals surface area contributed by atoms with E-state index in [0.717, 1.165) is 48.3 Å². The first-order valence-corrected chi connectivity index (χ1v) is 13.5. The second-order valence-electron chi connectivity index (χ2n) is 12.8. The molecule has 1 nitrogen and oxygen atoms in total. The summed E-state index contributed by atoms with van der Waals surface area (Å²) in [5.41, 5.74) is 4.38. The molecule has 0 aliphatic heterocycles. The number of aliphatic hydroxyl groups excluding tert-OH is 1. The zero-order valence-corrected chi connectivity index (χ0v) is 21.0. The molecule has 0 aromatic heterocycles. The van der Waals surface area contributed by atoms with Gasteiger partial charge in [-0.2, -0.15) is 0 Å². The van der Waals surface area contributed by atoms with Gasteiger partial charge >= 0.3 is 0 Å². The molecule has 0 aromatic carbocycles. The summed E-state index contributed by atoms with van der Waals surface area (Å²) in [6, 6.07) is 0. The third kappa shape index (κ3) is 3.74. The maximum atomic E-state index is 10.3. The molecule has 4 rings (SSSR count). The zero-order chi connectivity index (χ0) is 21.7. The van der Waals surface area contributed by atoms with E-state index in [1.807, 2.05) is 0 Å². The van der Waals surface area contributed by atoms with E-state index in [2.05, 4.69) is 41.5 Å². The molecule has 4 aliphatic carbocycles. The molecule has 0 saturated heterocycles. The molecule has 0 bridgehead atoms. The number of rotatable bonds is 5. The lowest BCUT2D eigenvalue weighted by Crippen LogP contribution is -2.54. The monoisotopic (exact) mass is 414 g/mol. The number of fused-ring (bicyclic) bond motifs is 5. The van der Waals surface area contributed by atoms with Gasteiger partial charge in [0.15, 0.2) is 0 Å². The van der Waals surface area contributed by atoms with E-state index in [1.54, 1.807) is 11.1 Å². The molecule has 0 spiro atoms. The second kappa shape index (κ2) is 8.57. The Labute approximate surface area is 187 Å². The minimum Gasteiger partial charge on any atom is -0.393 e. The van der Waals surface area contributed by atoms with Crippen LogP contribution in [0.15, 0.2) is 11.1 Å². The Morgan fingerprint density at radius 3 is 2.33 bits per heavy atom. The van der Waals surface area contributed by atoms with Crippen molar-refractivity contribution in [2.45, 2.75) is 125 Å². The van der Waals surface area contributed by atoms with Gasteiger partial charge in [-0.3, -0.25) is 0 Å². The van der Waals surface area contributed by atoms with Crippen LogP contribution >= 0.6 is 0 Å². The molecular formula is C29H50O. The van der Waals surface area contributed by atoms with Crippen molar-refractivity contribution in [3.05, 3.63) is 11.1 Å². The highest BCUT2D eigenvalue weighted by Crippen LogP contribution is 2.68. The van der Waals surface area contributed by atoms with Crippen molar-refractivity contribution in [3.8, 4) is 0 Å². The molecule has 9 atom stereocenters. The maximum absolute atomic E-state index is 10.3. The molecule has 172 valence electrons. The van der Waals surface area contributed by atoms with E-state index in [4.69, 9.17) is 0 Å². The van der Waals surface area contributed by atoms with Crippen molar-refractivity contribution < 1.29 is 5.11 Å². The van der Waals surface area contributed by atoms with Gasteiger partial charge in [0, 0.05) is 0 Å². The number of allylic oxidation sites excluding steroid dienone is 2. The molecule has 4 fully saturated rings. The van der Waals surface area contributed by atoms with Crippen molar-refractivity contribution >= 4 is 0 Å². The molecule has 4 aliphatic rings. The van der Waals surface area contributed by atoms with E-state index < -0.39 is 0 Å². The smallest absolute Gasteiger partial charge is 0.0543 e. The summed E-state index contributed by atoms with van der Waals surface area (Å²) >= 11 is 0. The van der Waals surface area contributed by atoms with Gasteiger partial charge in [-0.05, 0) is 137 Å². The molecule has 1 unspecified atom stereocenters. The zero-order valence-electron chi connectivity index (χ0n) is 21.0. The predicted molar refractivity (Wildman–Crippen MR) is 128 cm³/mol. The van der Waals surface area contributed by atoms with Gasteiger partial charge in [0.25, 0.3) is 0 Å². The Bertz CT molecular complexity index is 645. The van der Waals surface area contributed by atoms with Crippen LogP contribution in [-0.4, -0.2) is 11.2 Å². The van der Waals surface area contributed by atoms with Gasteiger partial charge in [-0.15, -0.1) is 0 Å². The summed E-state index contributed by atoms with van der Waals surface area (Å²) in [7, 11) is 0. The SMILES string of the molecule is CCC(CC[C@@H](C)[C@H]1CC[C@H]2C3CC[C@H]4C[C@@H](O)CC[C@]4(C)[C@H]3CC[C@]12C)=C(C)C. The second-order valence-corrected chi connectivity index (χ2v) is 12.8. The van der Waals surface area contributed by atoms with E-state index in [9.17, 15) is 5.11 Å². The largest absolute Gasteiger partial charge is 0.393 e. The van der Waals surface area contributed by atoms with Crippen LogP contribution < -0.4 is 0 Å². The maximum Gasteiger partial charge on any atom is 0.0543 e. The lowest BCUT2D eigenvalue weighted by atomic mass is 9.44. The van der Waals surface area contributed by atoms with Crippen LogP contribution in [0.4, 0.5) is 0 Å². The molecule has 0 radical (unpaired) electrons. The highest BCUT2D eigenvalue weighted by Gasteiger charge is 2.60. The lowest BCUT2D eigenvalue weighted by molar-refractivity contribution is -0.129. The first-order chi connectivity index (χ1) is 14.2. The summed E-state index contributed by atoms with van der Waals surface area (Å²) in [5.74, 6) is 5.49. The Hall–Kier alpha value is -0.300. The quantitative estimate of drug-likeness (QED) is 0.450. The molecule has 1 heteroatoms. The van der Waals surface area contributed by atoms with E-state index in [0.29, 0.717) is 10.8 Å². The van der Waals surface area contributed by atoms with Crippen molar-refractivity contribution in [3.63, 3.8) is 0 Å². The van der Waals surface area contributed by atoms with Crippen LogP contribution in [0.3, 0.4) is 0 Å². The van der Waals surface area contributed by atoms with Gasteiger partial charge in [0.05, 0.1) is 6.10 Å². The topological polar surface area (TPSA) is 20.2 Å². The van der Waals surface area contributed by atoms with Crippen molar-refractivity contribution in [1.82, 2.24) is 0 Å². The fourth-order valence-corrected chi connectivity index (χ4v) is 9.59. The Morgan fingerprint density at radius 2 is 1.63 bits per heavy atom. The van der Waals surface area contributed by atoms with E-state index >= 15 is 0 Å². The average molecular weight is 415 g/mol. The van der Waals surface area contributed by atoms with Crippen LogP contribution in [0.25, 0.3) is 0 Å². The lowest BCUT2D eigenvalue weighted by Gasteiger charge is -2.61. The van der Waals surface area contributed by atoms with Crippen LogP contribution in [0, 0.1) is 46.3 Å². The van der Waals surface area contributed by atoms with E-state index in [1.165, 1.54) is 64.2 Å². The number of hydrogen-bond donors (Lipinski definition) is 1. The molecular weight excluding hydrogens is 364 g/mol. The Balaban J connectivity index is 1.47. The van der Waals surface area contributed by atoms with Gasteiger partial charge in [0.2, 0.25) is 0 Å². The highest BCUT2D eigenvalue weighted by atomic mass is 16.3. The molecule has 0 heterocycles. The fraction of sp³-hybridized carbons (Fsp3) is 0.931. The minimum absolute atomic E-state index is 0.0148. The van der Waals surface area contributed by atoms with Crippen molar-refractivity contribution in [2.75, 3.05) is 0 Å². The Kier molecular flexibility index (Phi) is 6.53. The highest BCUT2D eigenvalue weighted by molar-refractivity contribution is 5.11. The van der Waals surface area contributed by atoms with E-state index in [-0.39, 0.29) is 6.10 Å². The van der Waals surface area contributed by atoms with Crippen LogP contribution in [0.1, 0.15) is 119 Å². The first-order valence-electron chi connectivity index (χ1n) is 13.5. The van der Waals surface area contributed by atoms with Gasteiger partial charge < -0.3 is 5.11 Å². The minimum atomic E-state index is -0.0148. The van der Waals surface area contributed by atoms with Gasteiger partial charge in [0.1, 0.15) is 0 Å². The summed E-state index contributed by atoms with van der Waals surface area (Å²) in [5, 5.41) is 10.3. The molecule has 0 amide bonds. The van der Waals surface area contributed by atoms with Crippen molar-refractivity contribution in [1.29, 1.82) is 0 Å². The normalized spacial score (nSPS) is 46.5. The van der Waals surface area contributed by atoms with Gasteiger partial charge in [-0.1, -0.05) is 38.8 Å². The van der Waals surface area contributed by atoms with Gasteiger partial charge in [-0.25, -0.2) is 0 Å². The van der Waals surface area contributed by atoms with Crippen LogP contribution in [0.2, 0.25) is 0 Å². The predicted octanol–water partition coefficient (Wildman–Crippen LogP) is 8.17. The summed E-state index contributed by atoms with van der Waals surface area (Å²) in [6.45, 7) is 14.9. The molecule has 1 N–H and O–H groups in total.